The summed E-state index contributed by atoms with van der Waals surface area (Å²) in [7, 11) is 0. The third-order valence-corrected chi connectivity index (χ3v) is 4.91. The zero-order valence-electron chi connectivity index (χ0n) is 11.3. The van der Waals surface area contributed by atoms with Gasteiger partial charge in [-0.1, -0.05) is 32.5 Å². The van der Waals surface area contributed by atoms with Gasteiger partial charge < -0.3 is 5.32 Å². The Balaban J connectivity index is 1.81. The summed E-state index contributed by atoms with van der Waals surface area (Å²) in [6.07, 6.45) is 2.67. The lowest BCUT2D eigenvalue weighted by molar-refractivity contribution is 0.273. The maximum absolute atomic E-state index is 4.76. The summed E-state index contributed by atoms with van der Waals surface area (Å²) in [5.41, 5.74) is 0. The van der Waals surface area contributed by atoms with E-state index in [1.165, 1.54) is 36.9 Å². The first kappa shape index (κ1) is 13.2. The van der Waals surface area contributed by atoms with Gasteiger partial charge in [-0.15, -0.1) is 0 Å². The molecule has 0 bridgehead atoms. The van der Waals surface area contributed by atoms with E-state index in [1.807, 2.05) is 11.8 Å². The highest BCUT2D eigenvalue weighted by Gasteiger charge is 2.25. The SMILES string of the molecule is CCN1CCCC1CN=C1N[C@@H](C(C)C)CS1. The molecule has 2 aliphatic rings. The smallest absolute Gasteiger partial charge is 0.156 e. The van der Waals surface area contributed by atoms with Gasteiger partial charge in [0.05, 0.1) is 6.54 Å². The van der Waals surface area contributed by atoms with E-state index in [0.29, 0.717) is 18.0 Å². The van der Waals surface area contributed by atoms with Crippen molar-refractivity contribution in [3.63, 3.8) is 0 Å². The van der Waals surface area contributed by atoms with Gasteiger partial charge >= 0.3 is 0 Å². The standard InChI is InChI=1S/C13H25N3S/c1-4-16-7-5-6-11(16)8-14-13-15-12(9-17-13)10(2)3/h10-12H,4-9H2,1-3H3,(H,14,15)/t11?,12-/m1/s1. The molecule has 1 N–H and O–H groups in total. The van der Waals surface area contributed by atoms with E-state index in [4.69, 9.17) is 4.99 Å². The molecule has 2 fully saturated rings. The summed E-state index contributed by atoms with van der Waals surface area (Å²) in [5.74, 6) is 1.88. The van der Waals surface area contributed by atoms with Gasteiger partial charge in [0.1, 0.15) is 0 Å². The number of likely N-dealkylation sites (tertiary alicyclic amines) is 1. The summed E-state index contributed by atoms with van der Waals surface area (Å²) < 4.78 is 0. The van der Waals surface area contributed by atoms with E-state index in [1.54, 1.807) is 0 Å². The molecular weight excluding hydrogens is 230 g/mol. The van der Waals surface area contributed by atoms with Gasteiger partial charge in [-0.3, -0.25) is 9.89 Å². The molecule has 3 nitrogen and oxygen atoms in total. The fourth-order valence-corrected chi connectivity index (χ4v) is 3.77. The highest BCUT2D eigenvalue weighted by Crippen LogP contribution is 2.21. The lowest BCUT2D eigenvalue weighted by Crippen LogP contribution is -2.34. The number of hydrogen-bond acceptors (Lipinski definition) is 3. The van der Waals surface area contributed by atoms with Crippen molar-refractivity contribution in [2.24, 2.45) is 10.9 Å². The first-order valence-corrected chi connectivity index (χ1v) is 7.87. The summed E-state index contributed by atoms with van der Waals surface area (Å²) in [6, 6.07) is 1.30. The molecular formula is C13H25N3S. The molecule has 2 aliphatic heterocycles. The zero-order valence-corrected chi connectivity index (χ0v) is 12.1. The minimum absolute atomic E-state index is 0.615. The first-order chi connectivity index (χ1) is 8.20. The van der Waals surface area contributed by atoms with Crippen molar-refractivity contribution in [2.75, 3.05) is 25.4 Å². The maximum Gasteiger partial charge on any atom is 0.156 e. The number of nitrogens with zero attached hydrogens (tertiary/aromatic N) is 2. The molecule has 98 valence electrons. The second-order valence-electron chi connectivity index (χ2n) is 5.38. The Bertz CT molecular complexity index is 278. The van der Waals surface area contributed by atoms with Gasteiger partial charge in [0.25, 0.3) is 0 Å². The van der Waals surface area contributed by atoms with Gasteiger partial charge in [0, 0.05) is 17.8 Å². The fraction of sp³-hybridized carbons (Fsp3) is 0.923. The van der Waals surface area contributed by atoms with Crippen LogP contribution >= 0.6 is 11.8 Å². The van der Waals surface area contributed by atoms with Crippen LogP contribution in [0.2, 0.25) is 0 Å². The van der Waals surface area contributed by atoms with Crippen molar-refractivity contribution >= 4 is 16.9 Å². The number of rotatable bonds is 4. The topological polar surface area (TPSA) is 27.6 Å². The Labute approximate surface area is 109 Å². The average molecular weight is 255 g/mol. The Morgan fingerprint density at radius 1 is 1.53 bits per heavy atom. The minimum Gasteiger partial charge on any atom is -0.361 e. The number of hydrogen-bond donors (Lipinski definition) is 1. The Hall–Kier alpha value is -0.220. The van der Waals surface area contributed by atoms with E-state index in [0.717, 1.165) is 6.54 Å². The summed E-state index contributed by atoms with van der Waals surface area (Å²) in [4.78, 5) is 7.32. The van der Waals surface area contributed by atoms with Crippen LogP contribution in [0.5, 0.6) is 0 Å². The molecule has 2 rings (SSSR count). The van der Waals surface area contributed by atoms with Gasteiger partial charge in [-0.25, -0.2) is 0 Å². The lowest BCUT2D eigenvalue weighted by Gasteiger charge is -2.21. The molecule has 17 heavy (non-hydrogen) atoms. The number of likely N-dealkylation sites (N-methyl/N-ethyl adjacent to an activating group) is 1. The van der Waals surface area contributed by atoms with Crippen molar-refractivity contribution in [1.29, 1.82) is 0 Å². The van der Waals surface area contributed by atoms with Gasteiger partial charge in [-0.2, -0.15) is 0 Å². The van der Waals surface area contributed by atoms with Gasteiger partial charge in [-0.05, 0) is 31.8 Å². The quantitative estimate of drug-likeness (QED) is 0.834. The van der Waals surface area contributed by atoms with Crippen LogP contribution in [0.3, 0.4) is 0 Å². The van der Waals surface area contributed by atoms with Crippen molar-refractivity contribution in [3.05, 3.63) is 0 Å². The average Bonchev–Trinajstić information content (AvgIpc) is 2.95. The number of amidine groups is 1. The predicted molar refractivity (Wildman–Crippen MR) is 76.8 cm³/mol. The molecule has 0 aromatic carbocycles. The summed E-state index contributed by atoms with van der Waals surface area (Å²) in [6.45, 7) is 10.2. The van der Waals surface area contributed by atoms with Crippen LogP contribution in [0.1, 0.15) is 33.6 Å². The molecule has 2 heterocycles. The van der Waals surface area contributed by atoms with Crippen LogP contribution < -0.4 is 5.32 Å². The molecule has 0 radical (unpaired) electrons. The molecule has 0 aromatic heterocycles. The van der Waals surface area contributed by atoms with E-state index in [2.05, 4.69) is 31.0 Å². The molecule has 0 aromatic rings. The first-order valence-electron chi connectivity index (χ1n) is 6.88. The van der Waals surface area contributed by atoms with Crippen molar-refractivity contribution in [2.45, 2.75) is 45.7 Å². The summed E-state index contributed by atoms with van der Waals surface area (Å²) >= 11 is 1.89. The van der Waals surface area contributed by atoms with E-state index in [9.17, 15) is 0 Å². The van der Waals surface area contributed by atoms with E-state index >= 15 is 0 Å². The van der Waals surface area contributed by atoms with Gasteiger partial charge in [0.15, 0.2) is 5.17 Å². The molecule has 4 heteroatoms. The second kappa shape index (κ2) is 6.10. The van der Waals surface area contributed by atoms with Crippen LogP contribution in [-0.2, 0) is 0 Å². The molecule has 2 atom stereocenters. The second-order valence-corrected chi connectivity index (χ2v) is 6.39. The Morgan fingerprint density at radius 2 is 2.35 bits per heavy atom. The Kier molecular flexibility index (Phi) is 4.74. The van der Waals surface area contributed by atoms with Crippen molar-refractivity contribution in [1.82, 2.24) is 10.2 Å². The highest BCUT2D eigenvalue weighted by molar-refractivity contribution is 8.14. The zero-order chi connectivity index (χ0) is 12.3. The molecule has 0 amide bonds. The number of thioether (sulfide) groups is 1. The largest absolute Gasteiger partial charge is 0.361 e. The molecule has 0 aliphatic carbocycles. The molecule has 1 unspecified atom stereocenters. The van der Waals surface area contributed by atoms with Crippen LogP contribution in [0.4, 0.5) is 0 Å². The van der Waals surface area contributed by atoms with Crippen LogP contribution in [-0.4, -0.2) is 47.5 Å². The number of aliphatic imine (C=N–C) groups is 1. The monoisotopic (exact) mass is 255 g/mol. The van der Waals surface area contributed by atoms with Crippen molar-refractivity contribution in [3.8, 4) is 0 Å². The normalized spacial score (nSPS) is 32.6. The molecule has 0 saturated carbocycles. The minimum atomic E-state index is 0.615. The third-order valence-electron chi connectivity index (χ3n) is 3.86. The van der Waals surface area contributed by atoms with Crippen LogP contribution in [0.15, 0.2) is 4.99 Å². The Morgan fingerprint density at radius 3 is 3.00 bits per heavy atom. The molecule has 0 spiro atoms. The predicted octanol–water partition coefficient (Wildman–Crippen LogP) is 2.19. The van der Waals surface area contributed by atoms with Crippen LogP contribution in [0.25, 0.3) is 0 Å². The van der Waals surface area contributed by atoms with Gasteiger partial charge in [0.2, 0.25) is 0 Å². The van der Waals surface area contributed by atoms with E-state index in [-0.39, 0.29) is 0 Å². The summed E-state index contributed by atoms with van der Waals surface area (Å²) in [5, 5.41) is 4.71. The fourth-order valence-electron chi connectivity index (χ4n) is 2.57. The maximum atomic E-state index is 4.76. The highest BCUT2D eigenvalue weighted by atomic mass is 32.2. The molecule has 2 saturated heterocycles. The lowest BCUT2D eigenvalue weighted by atomic mass is 10.1. The van der Waals surface area contributed by atoms with Crippen LogP contribution in [0, 0.1) is 5.92 Å². The van der Waals surface area contributed by atoms with E-state index < -0.39 is 0 Å². The van der Waals surface area contributed by atoms with Crippen molar-refractivity contribution < 1.29 is 0 Å². The third kappa shape index (κ3) is 3.38. The number of nitrogens with one attached hydrogen (secondary N) is 1.